The Labute approximate surface area is 347 Å². The summed E-state index contributed by atoms with van der Waals surface area (Å²) < 4.78 is 22.8. The smallest absolute Gasteiger partial charge is 0.320 e. The molecule has 0 saturated carbocycles. The first-order valence-corrected chi connectivity index (χ1v) is 20.1. The van der Waals surface area contributed by atoms with Gasteiger partial charge in [-0.05, 0) is 73.4 Å². The zero-order valence-corrected chi connectivity index (χ0v) is 36.3. The summed E-state index contributed by atoms with van der Waals surface area (Å²) in [5, 5.41) is 3.03. The van der Waals surface area contributed by atoms with Crippen molar-refractivity contribution in [1.82, 2.24) is 44.9 Å². The molecule has 1 amide bonds. The van der Waals surface area contributed by atoms with Gasteiger partial charge in [-0.3, -0.25) is 38.8 Å². The summed E-state index contributed by atoms with van der Waals surface area (Å²) in [6.45, 7) is 20.9. The summed E-state index contributed by atoms with van der Waals surface area (Å²) in [6.07, 6.45) is 1.50. The van der Waals surface area contributed by atoms with Crippen LogP contribution in [-0.4, -0.2) is 159 Å². The van der Waals surface area contributed by atoms with Crippen LogP contribution in [-0.2, 0) is 46.5 Å². The number of nitrogens with zero attached hydrogens (tertiary/aromatic N) is 7. The molecule has 326 valence electrons. The summed E-state index contributed by atoms with van der Waals surface area (Å²) in [4.78, 5) is 75.7. The molecular weight excluding hydrogens is 761 g/mol. The van der Waals surface area contributed by atoms with Crippen LogP contribution in [0.5, 0.6) is 5.88 Å². The number of aromatic amines is 1. The van der Waals surface area contributed by atoms with E-state index in [1.807, 2.05) is 106 Å². The highest BCUT2D eigenvalue weighted by Crippen LogP contribution is 2.21. The largest absolute Gasteiger partial charge is 0.471 e. The van der Waals surface area contributed by atoms with Gasteiger partial charge in [-0.2, -0.15) is 9.97 Å². The minimum atomic E-state index is -0.651. The van der Waals surface area contributed by atoms with Crippen molar-refractivity contribution >= 4 is 40.9 Å². The number of esters is 3. The number of ether oxygens (including phenoxy) is 4. The molecule has 1 saturated heterocycles. The van der Waals surface area contributed by atoms with Crippen LogP contribution in [0.1, 0.15) is 73.4 Å². The predicted octanol–water partition coefficient (Wildman–Crippen LogP) is 2.38. The number of hydrogen-bond acceptors (Lipinski definition) is 16. The minimum absolute atomic E-state index is 0.0457. The number of nitrogens with one attached hydrogen (secondary N) is 2. The molecule has 4 rings (SSSR count). The number of anilines is 1. The summed E-state index contributed by atoms with van der Waals surface area (Å²) in [7, 11) is 0. The number of aromatic nitrogens is 4. The van der Waals surface area contributed by atoms with Crippen molar-refractivity contribution in [1.29, 1.82) is 0 Å². The first-order valence-electron chi connectivity index (χ1n) is 20.1. The van der Waals surface area contributed by atoms with E-state index in [1.54, 1.807) is 0 Å². The Balaban J connectivity index is 1.42. The first-order chi connectivity index (χ1) is 27.6. The van der Waals surface area contributed by atoms with Gasteiger partial charge in [-0.1, -0.05) is 24.3 Å². The number of amides is 1. The number of hydrogen-bond donors (Lipinski definition) is 3. The second-order valence-electron chi connectivity index (χ2n) is 17.7. The molecule has 1 fully saturated rings. The van der Waals surface area contributed by atoms with Crippen LogP contribution in [0.3, 0.4) is 0 Å². The van der Waals surface area contributed by atoms with Crippen molar-refractivity contribution in [2.45, 2.75) is 92.3 Å². The van der Waals surface area contributed by atoms with E-state index in [2.05, 4.69) is 25.3 Å². The van der Waals surface area contributed by atoms with E-state index < -0.39 is 16.8 Å². The monoisotopic (exact) mass is 824 g/mol. The van der Waals surface area contributed by atoms with Crippen LogP contribution in [0.15, 0.2) is 30.6 Å². The zero-order chi connectivity index (χ0) is 43.4. The SMILES string of the molecule is CC(C)(C)OC(=O)CN1CCN(CC(=O)NCc2ccc(COc3nc(N)nc4nc[nH]c34)cc2)CCN(CC(=O)OC(C)(C)C)CCN(CC(=O)OC(C)(C)C)CC1. The number of rotatable bonds is 13. The molecule has 3 aromatic rings. The van der Waals surface area contributed by atoms with Gasteiger partial charge in [0, 0.05) is 58.9 Å². The molecule has 18 heteroatoms. The van der Waals surface area contributed by atoms with E-state index in [-0.39, 0.29) is 62.5 Å². The maximum Gasteiger partial charge on any atom is 0.320 e. The minimum Gasteiger partial charge on any atom is -0.471 e. The third kappa shape index (κ3) is 17.9. The first kappa shape index (κ1) is 46.8. The van der Waals surface area contributed by atoms with E-state index in [0.29, 0.717) is 75.9 Å². The molecule has 3 heterocycles. The molecule has 59 heavy (non-hydrogen) atoms. The molecule has 0 bridgehead atoms. The lowest BCUT2D eigenvalue weighted by Gasteiger charge is -2.34. The van der Waals surface area contributed by atoms with Gasteiger partial charge in [0.25, 0.3) is 0 Å². The number of nitrogens with two attached hydrogens (primary N) is 1. The molecule has 0 unspecified atom stereocenters. The Kier molecular flexibility index (Phi) is 16.5. The number of carbonyl (C=O) groups is 4. The maximum atomic E-state index is 13.4. The molecule has 2 aromatic heterocycles. The van der Waals surface area contributed by atoms with Crippen LogP contribution >= 0.6 is 0 Å². The quantitative estimate of drug-likeness (QED) is 0.167. The van der Waals surface area contributed by atoms with Crippen molar-refractivity contribution in [2.24, 2.45) is 0 Å². The molecule has 4 N–H and O–H groups in total. The van der Waals surface area contributed by atoms with Crippen molar-refractivity contribution in [3.05, 3.63) is 41.7 Å². The highest BCUT2D eigenvalue weighted by Gasteiger charge is 2.26. The average molecular weight is 825 g/mol. The van der Waals surface area contributed by atoms with Crippen molar-refractivity contribution in [3.8, 4) is 5.88 Å². The molecule has 1 aliphatic rings. The fourth-order valence-electron chi connectivity index (χ4n) is 6.17. The van der Waals surface area contributed by atoms with Crippen molar-refractivity contribution in [3.63, 3.8) is 0 Å². The van der Waals surface area contributed by atoms with Gasteiger partial charge < -0.3 is 35.0 Å². The Morgan fingerprint density at radius 1 is 0.644 bits per heavy atom. The number of fused-ring (bicyclic) bond motifs is 1. The number of H-pyrrole nitrogens is 1. The van der Waals surface area contributed by atoms with Crippen molar-refractivity contribution < 1.29 is 38.1 Å². The fraction of sp³-hybridized carbons (Fsp3) is 0.634. The lowest BCUT2D eigenvalue weighted by molar-refractivity contribution is -0.158. The van der Waals surface area contributed by atoms with E-state index in [1.165, 1.54) is 6.33 Å². The van der Waals surface area contributed by atoms with Crippen LogP contribution in [0.25, 0.3) is 11.2 Å². The van der Waals surface area contributed by atoms with Gasteiger partial charge in [0.2, 0.25) is 17.7 Å². The third-order valence-electron chi connectivity index (χ3n) is 8.77. The standard InChI is InChI=1S/C41H64N10O8/c1-39(2,3)57-32(53)24-49-16-14-48(15-17-50(25-33(54)58-40(4,5)6)19-21-51(20-18-49)26-34(55)59-41(7,8)9)23-31(52)43-22-29-10-12-30(13-11-29)27-56-37-35-36(45-28-44-35)46-38(42)47-37/h10-13,28H,14-27H2,1-9H3,(H,43,52)(H3,42,44,45,46,47). The van der Waals surface area contributed by atoms with E-state index in [0.717, 1.165) is 11.1 Å². The van der Waals surface area contributed by atoms with Gasteiger partial charge in [0.1, 0.15) is 28.9 Å². The lowest BCUT2D eigenvalue weighted by atomic mass is 10.1. The van der Waals surface area contributed by atoms with E-state index >= 15 is 0 Å². The Morgan fingerprint density at radius 2 is 1.05 bits per heavy atom. The van der Waals surface area contributed by atoms with Gasteiger partial charge in [-0.15, -0.1) is 0 Å². The van der Waals surface area contributed by atoms with Gasteiger partial charge in [-0.25, -0.2) is 4.98 Å². The van der Waals surface area contributed by atoms with Gasteiger partial charge >= 0.3 is 17.9 Å². The highest BCUT2D eigenvalue weighted by molar-refractivity contribution is 5.78. The molecule has 0 aliphatic carbocycles. The normalized spacial score (nSPS) is 16.2. The second-order valence-corrected chi connectivity index (χ2v) is 17.7. The Morgan fingerprint density at radius 3 is 1.47 bits per heavy atom. The van der Waals surface area contributed by atoms with Crippen molar-refractivity contribution in [2.75, 3.05) is 84.3 Å². The van der Waals surface area contributed by atoms with Gasteiger partial charge in [0.15, 0.2) is 5.65 Å². The van der Waals surface area contributed by atoms with Crippen LogP contribution in [0.2, 0.25) is 0 Å². The molecule has 0 radical (unpaired) electrons. The summed E-state index contributed by atoms with van der Waals surface area (Å²) >= 11 is 0. The van der Waals surface area contributed by atoms with Crippen LogP contribution in [0.4, 0.5) is 5.95 Å². The Bertz CT molecular complexity index is 1800. The highest BCUT2D eigenvalue weighted by atomic mass is 16.6. The Hall–Kier alpha value is -4.91. The maximum absolute atomic E-state index is 13.4. The zero-order valence-electron chi connectivity index (χ0n) is 36.3. The molecule has 18 nitrogen and oxygen atoms in total. The van der Waals surface area contributed by atoms with Gasteiger partial charge in [0.05, 0.1) is 32.5 Å². The summed E-state index contributed by atoms with van der Waals surface area (Å²) in [5.74, 6) is -0.868. The molecule has 0 atom stereocenters. The number of benzene rings is 1. The summed E-state index contributed by atoms with van der Waals surface area (Å²) in [6, 6.07) is 7.68. The topological polar surface area (TPSA) is 211 Å². The summed E-state index contributed by atoms with van der Waals surface area (Å²) in [5.41, 5.74) is 6.63. The predicted molar refractivity (Wildman–Crippen MR) is 222 cm³/mol. The molecular formula is C41H64N10O8. The molecule has 0 spiro atoms. The van der Waals surface area contributed by atoms with Crippen LogP contribution < -0.4 is 15.8 Å². The third-order valence-corrected chi connectivity index (χ3v) is 8.77. The number of imidazole rings is 1. The number of carbonyl (C=O) groups excluding carboxylic acids is 4. The molecule has 1 aromatic carbocycles. The number of nitrogen functional groups attached to an aromatic ring is 1. The fourth-order valence-corrected chi connectivity index (χ4v) is 6.17. The van der Waals surface area contributed by atoms with E-state index in [9.17, 15) is 19.2 Å². The second kappa shape index (κ2) is 20.9. The molecule has 1 aliphatic heterocycles. The van der Waals surface area contributed by atoms with Crippen LogP contribution in [0, 0.1) is 0 Å². The van der Waals surface area contributed by atoms with E-state index in [4.69, 9.17) is 24.7 Å². The average Bonchev–Trinajstić information content (AvgIpc) is 3.57. The lowest BCUT2D eigenvalue weighted by Crippen LogP contribution is -2.50.